The van der Waals surface area contributed by atoms with Crippen molar-refractivity contribution >= 4 is 16.3 Å². The van der Waals surface area contributed by atoms with Crippen LogP contribution in [-0.2, 0) is 5.54 Å². The number of thiazole rings is 1. The Morgan fingerprint density at radius 2 is 1.86 bits per heavy atom. The minimum atomic E-state index is -0.0440. The first-order valence-corrected chi connectivity index (χ1v) is 11.8. The van der Waals surface area contributed by atoms with E-state index in [4.69, 9.17) is 9.72 Å². The Labute approximate surface area is 177 Å². The predicted octanol–water partition coefficient (Wildman–Crippen LogP) is 5.96. The summed E-state index contributed by atoms with van der Waals surface area (Å²) in [6, 6.07) is 8.27. The van der Waals surface area contributed by atoms with Gasteiger partial charge in [0.05, 0.1) is 24.0 Å². The number of likely N-dealkylation sites (tertiary alicyclic amines) is 1. The Kier molecular flexibility index (Phi) is 4.71. The molecule has 3 heterocycles. The second-order valence-electron chi connectivity index (χ2n) is 9.38. The molecule has 0 unspecified atom stereocenters. The quantitative estimate of drug-likeness (QED) is 0.532. The average Bonchev–Trinajstić information content (AvgIpc) is 3.45. The van der Waals surface area contributed by atoms with Crippen molar-refractivity contribution in [1.82, 2.24) is 14.3 Å². The lowest BCUT2D eigenvalue weighted by Gasteiger charge is -2.46. The molecule has 1 aliphatic carbocycles. The van der Waals surface area contributed by atoms with Gasteiger partial charge in [0.15, 0.2) is 4.96 Å². The number of aromatic nitrogens is 2. The van der Waals surface area contributed by atoms with Crippen LogP contribution in [0.5, 0.6) is 5.75 Å². The number of hydrogen-bond acceptors (Lipinski definition) is 4. The fourth-order valence-electron chi connectivity index (χ4n) is 5.40. The normalized spacial score (nSPS) is 20.0. The van der Waals surface area contributed by atoms with Crippen molar-refractivity contribution in [3.8, 4) is 17.0 Å². The monoisotopic (exact) mass is 409 g/mol. The van der Waals surface area contributed by atoms with E-state index in [2.05, 4.69) is 46.9 Å². The summed E-state index contributed by atoms with van der Waals surface area (Å²) in [7, 11) is 1.72. The van der Waals surface area contributed by atoms with Gasteiger partial charge >= 0.3 is 0 Å². The van der Waals surface area contributed by atoms with Gasteiger partial charge in [-0.05, 0) is 70.2 Å². The Hall–Kier alpha value is -1.85. The largest absolute Gasteiger partial charge is 0.497 e. The molecule has 0 N–H and O–H groups in total. The van der Waals surface area contributed by atoms with Crippen LogP contribution in [-0.4, -0.2) is 34.5 Å². The number of methoxy groups -OCH3 is 1. The Bertz CT molecular complexity index is 1000. The van der Waals surface area contributed by atoms with Crippen molar-refractivity contribution in [3.05, 3.63) is 41.5 Å². The molecule has 4 nitrogen and oxygen atoms in total. The molecule has 1 spiro atoms. The van der Waals surface area contributed by atoms with Gasteiger partial charge < -0.3 is 4.74 Å². The van der Waals surface area contributed by atoms with E-state index in [1.807, 2.05) is 12.1 Å². The maximum absolute atomic E-state index is 5.42. The van der Waals surface area contributed by atoms with Crippen molar-refractivity contribution in [2.45, 2.75) is 57.9 Å². The van der Waals surface area contributed by atoms with Gasteiger partial charge in [-0.3, -0.25) is 9.30 Å². The summed E-state index contributed by atoms with van der Waals surface area (Å²) < 4.78 is 7.66. The summed E-state index contributed by atoms with van der Waals surface area (Å²) in [6.45, 7) is 7.08. The van der Waals surface area contributed by atoms with Gasteiger partial charge in [0.25, 0.3) is 0 Å². The van der Waals surface area contributed by atoms with Gasteiger partial charge in [-0.25, -0.2) is 4.98 Å². The molecule has 1 aliphatic heterocycles. The lowest BCUT2D eigenvalue weighted by atomic mass is 9.76. The van der Waals surface area contributed by atoms with Crippen molar-refractivity contribution in [1.29, 1.82) is 0 Å². The van der Waals surface area contributed by atoms with Gasteiger partial charge in [0, 0.05) is 17.1 Å². The molecule has 1 saturated heterocycles. The van der Waals surface area contributed by atoms with Gasteiger partial charge in [0.1, 0.15) is 5.75 Å². The first kappa shape index (κ1) is 19.1. The van der Waals surface area contributed by atoms with E-state index in [9.17, 15) is 0 Å². The van der Waals surface area contributed by atoms with Crippen molar-refractivity contribution < 1.29 is 4.74 Å². The van der Waals surface area contributed by atoms with E-state index in [1.165, 1.54) is 68.6 Å². The molecule has 2 aliphatic rings. The highest BCUT2D eigenvalue weighted by Gasteiger charge is 2.41. The number of piperidine rings is 1. The Morgan fingerprint density at radius 3 is 2.59 bits per heavy atom. The summed E-state index contributed by atoms with van der Waals surface area (Å²) in [5.74, 6) is 0.886. The Morgan fingerprint density at radius 1 is 1.10 bits per heavy atom. The van der Waals surface area contributed by atoms with Crippen molar-refractivity contribution in [2.75, 3.05) is 20.2 Å². The first-order chi connectivity index (χ1) is 14.0. The smallest absolute Gasteiger partial charge is 0.194 e. The summed E-state index contributed by atoms with van der Waals surface area (Å²) in [5, 5.41) is 2.19. The van der Waals surface area contributed by atoms with E-state index in [1.54, 1.807) is 18.4 Å². The zero-order chi connectivity index (χ0) is 20.1. The van der Waals surface area contributed by atoms with Crippen LogP contribution < -0.4 is 4.74 Å². The molecule has 0 bridgehead atoms. The van der Waals surface area contributed by atoms with Gasteiger partial charge in [0.2, 0.25) is 0 Å². The minimum Gasteiger partial charge on any atom is -0.497 e. The van der Waals surface area contributed by atoms with Crippen LogP contribution in [0.15, 0.2) is 35.8 Å². The highest BCUT2D eigenvalue weighted by molar-refractivity contribution is 7.15. The van der Waals surface area contributed by atoms with Gasteiger partial charge in [-0.2, -0.15) is 0 Å². The molecule has 0 radical (unpaired) electrons. The van der Waals surface area contributed by atoms with Crippen molar-refractivity contribution in [2.24, 2.45) is 5.41 Å². The van der Waals surface area contributed by atoms with Gasteiger partial charge in [-0.1, -0.05) is 25.0 Å². The number of imidazole rings is 1. The van der Waals surface area contributed by atoms with Crippen LogP contribution in [0.3, 0.4) is 0 Å². The standard InChI is InChI=1S/C24H31N3OS/c1-23(2,26-13-11-24(12-14-26)9-4-5-10-24)21-16-27-20(17-29-22(27)25-21)18-7-6-8-19(15-18)28-3/h6-8,15-17H,4-5,9-14H2,1-3H3. The minimum absolute atomic E-state index is 0.0440. The molecule has 0 amide bonds. The first-order valence-electron chi connectivity index (χ1n) is 10.9. The molecule has 1 saturated carbocycles. The van der Waals surface area contributed by atoms with E-state index in [0.29, 0.717) is 5.41 Å². The van der Waals surface area contributed by atoms with Crippen LogP contribution in [0.25, 0.3) is 16.2 Å². The molecule has 5 heteroatoms. The molecule has 154 valence electrons. The summed E-state index contributed by atoms with van der Waals surface area (Å²) in [5.41, 5.74) is 4.13. The van der Waals surface area contributed by atoms with Crippen LogP contribution in [0.1, 0.15) is 58.1 Å². The summed E-state index contributed by atoms with van der Waals surface area (Å²) >= 11 is 1.71. The number of ether oxygens (including phenoxy) is 1. The third kappa shape index (κ3) is 3.28. The molecule has 1 aromatic carbocycles. The lowest BCUT2D eigenvalue weighted by molar-refractivity contribution is 0.0327. The lowest BCUT2D eigenvalue weighted by Crippen LogP contribution is -2.48. The molecule has 5 rings (SSSR count). The van der Waals surface area contributed by atoms with Crippen LogP contribution >= 0.6 is 11.3 Å². The number of benzene rings is 1. The van der Waals surface area contributed by atoms with Crippen LogP contribution in [0.2, 0.25) is 0 Å². The molecule has 0 atom stereocenters. The topological polar surface area (TPSA) is 29.8 Å². The molecule has 2 aromatic heterocycles. The highest BCUT2D eigenvalue weighted by Crippen LogP contribution is 2.47. The van der Waals surface area contributed by atoms with E-state index in [-0.39, 0.29) is 5.54 Å². The maximum Gasteiger partial charge on any atom is 0.194 e. The average molecular weight is 410 g/mol. The predicted molar refractivity (Wildman–Crippen MR) is 120 cm³/mol. The van der Waals surface area contributed by atoms with Crippen LogP contribution in [0.4, 0.5) is 0 Å². The number of fused-ring (bicyclic) bond motifs is 1. The number of rotatable bonds is 4. The molecule has 29 heavy (non-hydrogen) atoms. The van der Waals surface area contributed by atoms with E-state index < -0.39 is 0 Å². The van der Waals surface area contributed by atoms with E-state index >= 15 is 0 Å². The third-order valence-electron chi connectivity index (χ3n) is 7.48. The fourth-order valence-corrected chi connectivity index (χ4v) is 6.28. The Balaban J connectivity index is 1.42. The number of hydrogen-bond donors (Lipinski definition) is 0. The second-order valence-corrected chi connectivity index (χ2v) is 10.2. The zero-order valence-electron chi connectivity index (χ0n) is 17.8. The molecular weight excluding hydrogens is 378 g/mol. The van der Waals surface area contributed by atoms with E-state index in [0.717, 1.165) is 10.7 Å². The third-order valence-corrected chi connectivity index (χ3v) is 8.32. The van der Waals surface area contributed by atoms with Crippen LogP contribution in [0, 0.1) is 5.41 Å². The fraction of sp³-hybridized carbons (Fsp3) is 0.542. The zero-order valence-corrected chi connectivity index (χ0v) is 18.6. The SMILES string of the molecule is COc1cccc(-c2csc3nc(C(C)(C)N4CCC5(CCCC5)CC4)cn23)c1. The summed E-state index contributed by atoms with van der Waals surface area (Å²) in [4.78, 5) is 8.77. The molecule has 3 aromatic rings. The second kappa shape index (κ2) is 7.13. The molecular formula is C24H31N3OS. The van der Waals surface area contributed by atoms with Crippen molar-refractivity contribution in [3.63, 3.8) is 0 Å². The highest BCUT2D eigenvalue weighted by atomic mass is 32.1. The van der Waals surface area contributed by atoms with Gasteiger partial charge in [-0.15, -0.1) is 11.3 Å². The maximum atomic E-state index is 5.42. The number of nitrogens with zero attached hydrogens (tertiary/aromatic N) is 3. The molecule has 2 fully saturated rings. The summed E-state index contributed by atoms with van der Waals surface area (Å²) in [6.07, 6.45) is 10.7.